The van der Waals surface area contributed by atoms with Crippen LogP contribution in [0.4, 0.5) is 0 Å². The van der Waals surface area contributed by atoms with E-state index in [4.69, 9.17) is 9.47 Å². The van der Waals surface area contributed by atoms with E-state index in [1.54, 1.807) is 7.05 Å². The second-order valence-corrected chi connectivity index (χ2v) is 7.66. The van der Waals surface area contributed by atoms with Crippen LogP contribution in [-0.2, 0) is 17.8 Å². The Bertz CT molecular complexity index is 825. The molecule has 7 heteroatoms. The fraction of sp³-hybridized carbons (Fsp3) is 0.458. The number of hydrogen-bond donors (Lipinski definition) is 2. The third-order valence-corrected chi connectivity index (χ3v) is 5.26. The molecule has 1 aliphatic rings. The van der Waals surface area contributed by atoms with Gasteiger partial charge in [0.1, 0.15) is 11.9 Å². The normalized spacial score (nSPS) is 15.6. The van der Waals surface area contributed by atoms with Crippen LogP contribution in [0.5, 0.6) is 5.75 Å². The molecule has 3 rings (SSSR count). The van der Waals surface area contributed by atoms with E-state index in [0.717, 1.165) is 56.7 Å². The monoisotopic (exact) mass is 538 g/mol. The molecule has 1 atom stereocenters. The van der Waals surface area contributed by atoms with Crippen LogP contribution in [0.1, 0.15) is 23.6 Å². The molecule has 0 amide bonds. The highest BCUT2D eigenvalue weighted by Gasteiger charge is 2.13. The van der Waals surface area contributed by atoms with Gasteiger partial charge in [-0.2, -0.15) is 0 Å². The number of guanidine groups is 1. The van der Waals surface area contributed by atoms with Gasteiger partial charge >= 0.3 is 0 Å². The van der Waals surface area contributed by atoms with Gasteiger partial charge in [0.15, 0.2) is 5.96 Å². The molecule has 1 aliphatic heterocycles. The summed E-state index contributed by atoms with van der Waals surface area (Å²) in [6, 6.07) is 16.7. The topological polar surface area (TPSA) is 58.1 Å². The van der Waals surface area contributed by atoms with Crippen LogP contribution in [0.25, 0.3) is 0 Å². The third kappa shape index (κ3) is 8.31. The lowest BCUT2D eigenvalue weighted by molar-refractivity contribution is 0.0341. The molecule has 0 saturated carbocycles. The predicted molar refractivity (Wildman–Crippen MR) is 137 cm³/mol. The number of para-hydroxylation sites is 1. The molecule has 2 N–H and O–H groups in total. The van der Waals surface area contributed by atoms with E-state index >= 15 is 0 Å². The third-order valence-electron chi connectivity index (χ3n) is 5.26. The molecule has 0 radical (unpaired) electrons. The first-order valence-corrected chi connectivity index (χ1v) is 10.7. The fourth-order valence-corrected chi connectivity index (χ4v) is 3.47. The SMILES string of the molecule is CN=C(NCc1ccccc1CN1CCOCC1)NCC(C)Oc1ccccc1C.I. The molecular weight excluding hydrogens is 503 g/mol. The van der Waals surface area contributed by atoms with Crippen molar-refractivity contribution in [1.82, 2.24) is 15.5 Å². The number of aryl methyl sites for hydroxylation is 1. The summed E-state index contributed by atoms with van der Waals surface area (Å²) in [6.07, 6.45) is 0.0262. The van der Waals surface area contributed by atoms with Gasteiger partial charge in [0.2, 0.25) is 0 Å². The van der Waals surface area contributed by atoms with E-state index in [1.165, 1.54) is 11.1 Å². The Morgan fingerprint density at radius 3 is 2.45 bits per heavy atom. The smallest absolute Gasteiger partial charge is 0.191 e. The van der Waals surface area contributed by atoms with Crippen molar-refractivity contribution >= 4 is 29.9 Å². The Morgan fingerprint density at radius 2 is 1.74 bits per heavy atom. The average Bonchev–Trinajstić information content (AvgIpc) is 2.77. The van der Waals surface area contributed by atoms with Gasteiger partial charge in [-0.25, -0.2) is 0 Å². The number of rotatable bonds is 8. The predicted octanol–water partition coefficient (Wildman–Crippen LogP) is 3.58. The number of halogens is 1. The Balaban J connectivity index is 0.00000341. The van der Waals surface area contributed by atoms with E-state index < -0.39 is 0 Å². The number of benzene rings is 2. The standard InChI is InChI=1S/C24H34N4O2.HI/c1-19-8-4-7-11-23(19)30-20(2)16-26-24(25-3)27-17-21-9-5-6-10-22(21)18-28-12-14-29-15-13-28;/h4-11,20H,12-18H2,1-3H3,(H2,25,26,27);1H. The Morgan fingerprint density at radius 1 is 1.06 bits per heavy atom. The lowest BCUT2D eigenvalue weighted by atomic mass is 10.1. The maximum Gasteiger partial charge on any atom is 0.191 e. The molecule has 1 heterocycles. The minimum absolute atomic E-state index is 0. The zero-order chi connectivity index (χ0) is 21.2. The van der Waals surface area contributed by atoms with Gasteiger partial charge < -0.3 is 20.1 Å². The largest absolute Gasteiger partial charge is 0.489 e. The molecule has 170 valence electrons. The summed E-state index contributed by atoms with van der Waals surface area (Å²) in [5.74, 6) is 1.70. The maximum absolute atomic E-state index is 6.05. The van der Waals surface area contributed by atoms with Gasteiger partial charge in [-0.3, -0.25) is 9.89 Å². The minimum atomic E-state index is 0. The zero-order valence-electron chi connectivity index (χ0n) is 18.8. The average molecular weight is 538 g/mol. The van der Waals surface area contributed by atoms with E-state index in [2.05, 4.69) is 64.7 Å². The molecule has 0 aromatic heterocycles. The highest BCUT2D eigenvalue weighted by molar-refractivity contribution is 14.0. The Kier molecular flexibility index (Phi) is 11.1. The number of aliphatic imine (C=N–C) groups is 1. The quantitative estimate of drug-likeness (QED) is 0.306. The summed E-state index contributed by atoms with van der Waals surface area (Å²) in [5, 5.41) is 6.80. The number of nitrogens with zero attached hydrogens (tertiary/aromatic N) is 2. The molecule has 1 fully saturated rings. The van der Waals surface area contributed by atoms with Crippen LogP contribution >= 0.6 is 24.0 Å². The fourth-order valence-electron chi connectivity index (χ4n) is 3.47. The van der Waals surface area contributed by atoms with Crippen molar-refractivity contribution in [2.45, 2.75) is 33.0 Å². The summed E-state index contributed by atoms with van der Waals surface area (Å²) in [6.45, 7) is 10.1. The van der Waals surface area contributed by atoms with Crippen molar-refractivity contribution in [1.29, 1.82) is 0 Å². The first-order chi connectivity index (χ1) is 14.7. The molecule has 0 aliphatic carbocycles. The van der Waals surface area contributed by atoms with E-state index in [-0.39, 0.29) is 30.1 Å². The Labute approximate surface area is 203 Å². The summed E-state index contributed by atoms with van der Waals surface area (Å²) in [4.78, 5) is 6.80. The number of hydrogen-bond acceptors (Lipinski definition) is 4. The molecule has 2 aromatic carbocycles. The highest BCUT2D eigenvalue weighted by Crippen LogP contribution is 2.17. The molecule has 0 spiro atoms. The number of nitrogens with one attached hydrogen (secondary N) is 2. The van der Waals surface area contributed by atoms with Crippen molar-refractivity contribution in [3.8, 4) is 5.75 Å². The lowest BCUT2D eigenvalue weighted by Gasteiger charge is -2.27. The van der Waals surface area contributed by atoms with Gasteiger partial charge in [-0.05, 0) is 36.6 Å². The first-order valence-electron chi connectivity index (χ1n) is 10.7. The van der Waals surface area contributed by atoms with Crippen molar-refractivity contribution in [2.75, 3.05) is 39.9 Å². The highest BCUT2D eigenvalue weighted by atomic mass is 127. The Hall–Kier alpha value is -1.84. The van der Waals surface area contributed by atoms with Crippen LogP contribution in [-0.4, -0.2) is 56.9 Å². The van der Waals surface area contributed by atoms with Crippen LogP contribution < -0.4 is 15.4 Å². The minimum Gasteiger partial charge on any atom is -0.489 e. The molecule has 6 nitrogen and oxygen atoms in total. The van der Waals surface area contributed by atoms with E-state index in [9.17, 15) is 0 Å². The van der Waals surface area contributed by atoms with E-state index in [1.807, 2.05) is 18.2 Å². The van der Waals surface area contributed by atoms with Crippen molar-refractivity contribution in [2.24, 2.45) is 4.99 Å². The summed E-state index contributed by atoms with van der Waals surface area (Å²) < 4.78 is 11.5. The summed E-state index contributed by atoms with van der Waals surface area (Å²) in [7, 11) is 1.79. The van der Waals surface area contributed by atoms with Gasteiger partial charge in [-0.15, -0.1) is 24.0 Å². The maximum atomic E-state index is 6.05. The van der Waals surface area contributed by atoms with Crippen molar-refractivity contribution in [3.05, 3.63) is 65.2 Å². The van der Waals surface area contributed by atoms with Crippen LogP contribution in [0.3, 0.4) is 0 Å². The van der Waals surface area contributed by atoms with E-state index in [0.29, 0.717) is 6.54 Å². The first kappa shape index (κ1) is 25.4. The van der Waals surface area contributed by atoms with Crippen LogP contribution in [0.2, 0.25) is 0 Å². The van der Waals surface area contributed by atoms with Crippen LogP contribution in [0, 0.1) is 6.92 Å². The molecular formula is C24H35IN4O2. The van der Waals surface area contributed by atoms with Gasteiger partial charge in [0.05, 0.1) is 19.8 Å². The van der Waals surface area contributed by atoms with Crippen molar-refractivity contribution < 1.29 is 9.47 Å². The van der Waals surface area contributed by atoms with Gasteiger partial charge in [-0.1, -0.05) is 42.5 Å². The molecule has 1 unspecified atom stereocenters. The molecule has 1 saturated heterocycles. The lowest BCUT2D eigenvalue weighted by Crippen LogP contribution is -2.41. The second kappa shape index (κ2) is 13.5. The van der Waals surface area contributed by atoms with Gasteiger partial charge in [0, 0.05) is 33.2 Å². The second-order valence-electron chi connectivity index (χ2n) is 7.66. The molecule has 31 heavy (non-hydrogen) atoms. The number of morpholine rings is 1. The van der Waals surface area contributed by atoms with Crippen molar-refractivity contribution in [3.63, 3.8) is 0 Å². The number of ether oxygens (including phenoxy) is 2. The van der Waals surface area contributed by atoms with Crippen LogP contribution in [0.15, 0.2) is 53.5 Å². The van der Waals surface area contributed by atoms with Gasteiger partial charge in [0.25, 0.3) is 0 Å². The summed E-state index contributed by atoms with van der Waals surface area (Å²) >= 11 is 0. The summed E-state index contributed by atoms with van der Waals surface area (Å²) in [5.41, 5.74) is 3.78. The zero-order valence-corrected chi connectivity index (χ0v) is 21.1. The molecule has 0 bridgehead atoms. The molecule has 2 aromatic rings.